The standard InChI is InChI=1S/C13H19ClN4S/c1-9(13-10(2)19-11(3)16-13)17(4)5-6-18-8-12(14)7-15-18/h7-9H,5-6H2,1-4H3. The van der Waals surface area contributed by atoms with Gasteiger partial charge in [0.2, 0.25) is 0 Å². The van der Waals surface area contributed by atoms with E-state index >= 15 is 0 Å². The fourth-order valence-corrected chi connectivity index (χ4v) is 3.12. The quantitative estimate of drug-likeness (QED) is 0.849. The highest BCUT2D eigenvalue weighted by Gasteiger charge is 2.17. The van der Waals surface area contributed by atoms with E-state index in [9.17, 15) is 0 Å². The first-order chi connectivity index (χ1) is 8.97. The SMILES string of the molecule is Cc1nc(C(C)N(C)CCn2cc(Cl)cn2)c(C)s1. The number of nitrogens with zero attached hydrogens (tertiary/aromatic N) is 4. The van der Waals surface area contributed by atoms with Crippen molar-refractivity contribution in [1.82, 2.24) is 19.7 Å². The van der Waals surface area contributed by atoms with Crippen molar-refractivity contribution in [3.63, 3.8) is 0 Å². The number of likely N-dealkylation sites (N-methyl/N-ethyl adjacent to an activating group) is 1. The van der Waals surface area contributed by atoms with Crippen molar-refractivity contribution in [3.05, 3.63) is 33.0 Å². The van der Waals surface area contributed by atoms with Gasteiger partial charge in [0.15, 0.2) is 0 Å². The molecule has 6 heteroatoms. The summed E-state index contributed by atoms with van der Waals surface area (Å²) in [5, 5.41) is 6.00. The molecule has 0 radical (unpaired) electrons. The molecule has 4 nitrogen and oxygen atoms in total. The second-order valence-electron chi connectivity index (χ2n) is 4.75. The molecule has 0 saturated carbocycles. The lowest BCUT2D eigenvalue weighted by atomic mass is 10.2. The second kappa shape index (κ2) is 6.03. The summed E-state index contributed by atoms with van der Waals surface area (Å²) in [6.45, 7) is 8.12. The van der Waals surface area contributed by atoms with E-state index in [-0.39, 0.29) is 0 Å². The Balaban J connectivity index is 1.95. The Kier molecular flexibility index (Phi) is 4.60. The third-order valence-corrected chi connectivity index (χ3v) is 4.38. The third kappa shape index (κ3) is 3.55. The maximum Gasteiger partial charge on any atom is 0.0900 e. The maximum atomic E-state index is 5.85. The highest BCUT2D eigenvalue weighted by Crippen LogP contribution is 2.25. The van der Waals surface area contributed by atoms with Crippen molar-refractivity contribution in [2.24, 2.45) is 0 Å². The number of hydrogen-bond donors (Lipinski definition) is 0. The predicted molar refractivity (Wildman–Crippen MR) is 79.9 cm³/mol. The van der Waals surface area contributed by atoms with Gasteiger partial charge in [-0.05, 0) is 27.8 Å². The van der Waals surface area contributed by atoms with Crippen molar-refractivity contribution < 1.29 is 0 Å². The summed E-state index contributed by atoms with van der Waals surface area (Å²) < 4.78 is 1.87. The molecule has 0 aliphatic carbocycles. The Morgan fingerprint density at radius 2 is 2.21 bits per heavy atom. The molecular formula is C13H19ClN4S. The molecule has 0 amide bonds. The monoisotopic (exact) mass is 298 g/mol. The summed E-state index contributed by atoms with van der Waals surface area (Å²) in [6.07, 6.45) is 3.51. The number of thiazole rings is 1. The van der Waals surface area contributed by atoms with Gasteiger partial charge in [-0.15, -0.1) is 11.3 Å². The second-order valence-corrected chi connectivity index (χ2v) is 6.60. The number of rotatable bonds is 5. The summed E-state index contributed by atoms with van der Waals surface area (Å²) in [7, 11) is 2.11. The molecule has 0 bridgehead atoms. The van der Waals surface area contributed by atoms with E-state index in [4.69, 9.17) is 11.6 Å². The van der Waals surface area contributed by atoms with Gasteiger partial charge >= 0.3 is 0 Å². The van der Waals surface area contributed by atoms with Crippen LogP contribution in [0.1, 0.15) is 28.5 Å². The molecule has 2 rings (SSSR count). The zero-order chi connectivity index (χ0) is 14.0. The largest absolute Gasteiger partial charge is 0.296 e. The Bertz CT molecular complexity index is 549. The molecule has 0 fully saturated rings. The van der Waals surface area contributed by atoms with Crippen molar-refractivity contribution in [2.45, 2.75) is 33.4 Å². The number of halogens is 1. The van der Waals surface area contributed by atoms with Gasteiger partial charge in [-0.2, -0.15) is 5.10 Å². The molecule has 0 aromatic carbocycles. The van der Waals surface area contributed by atoms with Gasteiger partial charge in [0, 0.05) is 17.6 Å². The van der Waals surface area contributed by atoms with Crippen LogP contribution in [-0.2, 0) is 6.54 Å². The molecule has 1 unspecified atom stereocenters. The van der Waals surface area contributed by atoms with Gasteiger partial charge in [0.25, 0.3) is 0 Å². The third-order valence-electron chi connectivity index (χ3n) is 3.28. The van der Waals surface area contributed by atoms with Crippen LogP contribution >= 0.6 is 22.9 Å². The molecule has 0 aliphatic rings. The average molecular weight is 299 g/mol. The first kappa shape index (κ1) is 14.5. The average Bonchev–Trinajstić information content (AvgIpc) is 2.91. The molecule has 0 spiro atoms. The number of hydrogen-bond acceptors (Lipinski definition) is 4. The van der Waals surface area contributed by atoms with Crippen LogP contribution in [0.2, 0.25) is 5.02 Å². The Morgan fingerprint density at radius 3 is 2.74 bits per heavy atom. The topological polar surface area (TPSA) is 34.0 Å². The predicted octanol–water partition coefficient (Wildman–Crippen LogP) is 3.30. The Morgan fingerprint density at radius 1 is 1.47 bits per heavy atom. The minimum absolute atomic E-state index is 0.316. The fourth-order valence-electron chi connectivity index (χ4n) is 2.06. The Hall–Kier alpha value is -0.910. The molecule has 104 valence electrons. The van der Waals surface area contributed by atoms with Crippen molar-refractivity contribution in [2.75, 3.05) is 13.6 Å². The van der Waals surface area contributed by atoms with Gasteiger partial charge in [0.1, 0.15) is 0 Å². The van der Waals surface area contributed by atoms with Gasteiger partial charge < -0.3 is 0 Å². The summed E-state index contributed by atoms with van der Waals surface area (Å²) in [5.74, 6) is 0. The molecular weight excluding hydrogens is 280 g/mol. The van der Waals surface area contributed by atoms with Gasteiger partial charge in [-0.25, -0.2) is 4.98 Å². The van der Waals surface area contributed by atoms with Crippen molar-refractivity contribution in [1.29, 1.82) is 0 Å². The van der Waals surface area contributed by atoms with E-state index in [0.29, 0.717) is 11.1 Å². The lowest BCUT2D eigenvalue weighted by Crippen LogP contribution is -2.27. The smallest absolute Gasteiger partial charge is 0.0900 e. The van der Waals surface area contributed by atoms with E-state index in [0.717, 1.165) is 18.1 Å². The zero-order valence-corrected chi connectivity index (χ0v) is 13.3. The molecule has 2 aromatic rings. The lowest BCUT2D eigenvalue weighted by molar-refractivity contribution is 0.243. The van der Waals surface area contributed by atoms with Crippen LogP contribution in [0.4, 0.5) is 0 Å². The summed E-state index contributed by atoms with van der Waals surface area (Å²) in [6, 6.07) is 0.316. The molecule has 2 aromatic heterocycles. The Labute approximate surface area is 123 Å². The first-order valence-corrected chi connectivity index (χ1v) is 7.49. The fraction of sp³-hybridized carbons (Fsp3) is 0.538. The van der Waals surface area contributed by atoms with Crippen LogP contribution in [-0.4, -0.2) is 33.3 Å². The van der Waals surface area contributed by atoms with E-state index < -0.39 is 0 Å². The van der Waals surface area contributed by atoms with Crippen LogP contribution in [0.3, 0.4) is 0 Å². The van der Waals surface area contributed by atoms with Gasteiger partial charge in [0.05, 0.1) is 34.5 Å². The minimum atomic E-state index is 0.316. The van der Waals surface area contributed by atoms with Crippen LogP contribution in [0.5, 0.6) is 0 Å². The van der Waals surface area contributed by atoms with Gasteiger partial charge in [-0.1, -0.05) is 11.6 Å². The van der Waals surface area contributed by atoms with E-state index in [1.165, 1.54) is 10.6 Å². The zero-order valence-electron chi connectivity index (χ0n) is 11.7. The van der Waals surface area contributed by atoms with Crippen LogP contribution in [0.15, 0.2) is 12.4 Å². The summed E-state index contributed by atoms with van der Waals surface area (Å²) in [5.41, 5.74) is 1.18. The molecule has 0 aliphatic heterocycles. The molecule has 0 N–H and O–H groups in total. The number of aryl methyl sites for hydroxylation is 2. The molecule has 19 heavy (non-hydrogen) atoms. The summed E-state index contributed by atoms with van der Waals surface area (Å²) >= 11 is 7.61. The molecule has 1 atom stereocenters. The molecule has 2 heterocycles. The maximum absolute atomic E-state index is 5.85. The van der Waals surface area contributed by atoms with Gasteiger partial charge in [-0.3, -0.25) is 9.58 Å². The van der Waals surface area contributed by atoms with E-state index in [1.54, 1.807) is 17.5 Å². The first-order valence-electron chi connectivity index (χ1n) is 6.29. The van der Waals surface area contributed by atoms with Crippen LogP contribution < -0.4 is 0 Å². The van der Waals surface area contributed by atoms with Crippen molar-refractivity contribution in [3.8, 4) is 0 Å². The lowest BCUT2D eigenvalue weighted by Gasteiger charge is -2.23. The highest BCUT2D eigenvalue weighted by molar-refractivity contribution is 7.11. The van der Waals surface area contributed by atoms with Crippen LogP contribution in [0, 0.1) is 13.8 Å². The summed E-state index contributed by atoms with van der Waals surface area (Å²) in [4.78, 5) is 8.22. The van der Waals surface area contributed by atoms with Crippen molar-refractivity contribution >= 4 is 22.9 Å². The highest BCUT2D eigenvalue weighted by atomic mass is 35.5. The number of aromatic nitrogens is 3. The normalized spacial score (nSPS) is 13.2. The molecule has 0 saturated heterocycles. The minimum Gasteiger partial charge on any atom is -0.296 e. The van der Waals surface area contributed by atoms with E-state index in [1.807, 2.05) is 10.9 Å². The van der Waals surface area contributed by atoms with Crippen LogP contribution in [0.25, 0.3) is 0 Å². The van der Waals surface area contributed by atoms with E-state index in [2.05, 4.69) is 42.8 Å².